The van der Waals surface area contributed by atoms with E-state index in [0.29, 0.717) is 19.1 Å². The van der Waals surface area contributed by atoms with Crippen LogP contribution in [0.3, 0.4) is 0 Å². The molecule has 1 aromatic rings. The van der Waals surface area contributed by atoms with Crippen LogP contribution in [0.25, 0.3) is 0 Å². The zero-order valence-electron chi connectivity index (χ0n) is 15.4. The Hall–Kier alpha value is -2.01. The number of nitrogens with one attached hydrogen (secondary N) is 2. The lowest BCUT2D eigenvalue weighted by molar-refractivity contribution is 0.231. The van der Waals surface area contributed by atoms with Gasteiger partial charge >= 0.3 is 6.03 Å². The Morgan fingerprint density at radius 1 is 1.36 bits per heavy atom. The van der Waals surface area contributed by atoms with Crippen LogP contribution in [0.15, 0.2) is 30.4 Å². The van der Waals surface area contributed by atoms with Gasteiger partial charge in [-0.05, 0) is 37.3 Å². The van der Waals surface area contributed by atoms with Crippen molar-refractivity contribution in [1.82, 2.24) is 10.6 Å². The second-order valence-corrected chi connectivity index (χ2v) is 7.14. The van der Waals surface area contributed by atoms with Crippen LogP contribution in [-0.4, -0.2) is 30.4 Å². The topological polar surface area (TPSA) is 70.6 Å². The Kier molecular flexibility index (Phi) is 7.31. The van der Waals surface area contributed by atoms with E-state index < -0.39 is 0 Å². The number of benzene rings is 1. The highest BCUT2D eigenvalue weighted by Crippen LogP contribution is 2.21. The minimum Gasteiger partial charge on any atom is -0.493 e. The van der Waals surface area contributed by atoms with Crippen LogP contribution >= 0.6 is 0 Å². The predicted molar refractivity (Wildman–Crippen MR) is 99.6 cm³/mol. The number of urea groups is 1. The SMILES string of the molecule is Cc1ccc(CNC(=O)N[C@@H]2C=C[C@H](CO)C2)c(OCCC(C)C)c1. The molecule has 2 amide bonds. The van der Waals surface area contributed by atoms with Gasteiger partial charge in [-0.3, -0.25) is 0 Å². The van der Waals surface area contributed by atoms with Crippen molar-refractivity contribution in [3.05, 3.63) is 41.5 Å². The molecule has 1 aliphatic rings. The molecule has 138 valence electrons. The Morgan fingerprint density at radius 3 is 2.84 bits per heavy atom. The van der Waals surface area contributed by atoms with Gasteiger partial charge in [-0.1, -0.05) is 38.1 Å². The summed E-state index contributed by atoms with van der Waals surface area (Å²) >= 11 is 0. The van der Waals surface area contributed by atoms with Gasteiger partial charge in [0, 0.05) is 30.7 Å². The van der Waals surface area contributed by atoms with Crippen LogP contribution in [0.1, 0.15) is 37.8 Å². The zero-order valence-corrected chi connectivity index (χ0v) is 15.4. The maximum absolute atomic E-state index is 12.1. The average Bonchev–Trinajstić information content (AvgIpc) is 3.01. The fourth-order valence-electron chi connectivity index (χ4n) is 2.76. The third kappa shape index (κ3) is 6.42. The highest BCUT2D eigenvalue weighted by Gasteiger charge is 2.19. The summed E-state index contributed by atoms with van der Waals surface area (Å²) < 4.78 is 5.91. The second kappa shape index (κ2) is 9.47. The number of carbonyl (C=O) groups excluding carboxylic acids is 1. The van der Waals surface area contributed by atoms with Crippen molar-refractivity contribution in [3.8, 4) is 5.75 Å². The largest absolute Gasteiger partial charge is 0.493 e. The number of amides is 2. The molecule has 5 heteroatoms. The van der Waals surface area contributed by atoms with Crippen LogP contribution in [0.4, 0.5) is 4.79 Å². The van der Waals surface area contributed by atoms with Gasteiger partial charge in [0.05, 0.1) is 6.61 Å². The van der Waals surface area contributed by atoms with Crippen molar-refractivity contribution in [2.45, 2.75) is 46.2 Å². The van der Waals surface area contributed by atoms with Gasteiger partial charge in [0.15, 0.2) is 0 Å². The van der Waals surface area contributed by atoms with E-state index in [1.807, 2.05) is 37.3 Å². The number of ether oxygens (including phenoxy) is 1. The molecular weight excluding hydrogens is 316 g/mol. The second-order valence-electron chi connectivity index (χ2n) is 7.14. The Bertz CT molecular complexity index is 599. The molecule has 0 aromatic heterocycles. The summed E-state index contributed by atoms with van der Waals surface area (Å²) in [6.07, 6.45) is 5.64. The Labute approximate surface area is 150 Å². The predicted octanol–water partition coefficient (Wildman–Crippen LogP) is 3.16. The molecule has 5 nitrogen and oxygen atoms in total. The van der Waals surface area contributed by atoms with E-state index in [0.717, 1.165) is 29.7 Å². The smallest absolute Gasteiger partial charge is 0.315 e. The third-order valence-electron chi connectivity index (χ3n) is 4.34. The molecule has 3 N–H and O–H groups in total. The van der Waals surface area contributed by atoms with E-state index >= 15 is 0 Å². The number of carbonyl (C=O) groups is 1. The molecule has 0 fully saturated rings. The van der Waals surface area contributed by atoms with Crippen molar-refractivity contribution in [2.24, 2.45) is 11.8 Å². The molecule has 1 aliphatic carbocycles. The first kappa shape index (κ1) is 19.3. The molecule has 2 rings (SSSR count). The number of aryl methyl sites for hydroxylation is 1. The van der Waals surface area contributed by atoms with Crippen LogP contribution in [0.2, 0.25) is 0 Å². The summed E-state index contributed by atoms with van der Waals surface area (Å²) in [4.78, 5) is 12.1. The van der Waals surface area contributed by atoms with Crippen LogP contribution < -0.4 is 15.4 Å². The number of aliphatic hydroxyl groups excluding tert-OH is 1. The monoisotopic (exact) mass is 346 g/mol. The number of hydrogen-bond acceptors (Lipinski definition) is 3. The zero-order chi connectivity index (χ0) is 18.2. The van der Waals surface area contributed by atoms with Gasteiger partial charge in [-0.2, -0.15) is 0 Å². The lowest BCUT2D eigenvalue weighted by Gasteiger charge is -2.16. The first-order valence-corrected chi connectivity index (χ1v) is 9.03. The fourth-order valence-corrected chi connectivity index (χ4v) is 2.76. The molecule has 0 bridgehead atoms. The highest BCUT2D eigenvalue weighted by atomic mass is 16.5. The molecule has 2 atom stereocenters. The standard InChI is InChI=1S/C20H30N2O3/c1-14(2)8-9-25-19-10-15(3)4-6-17(19)12-21-20(24)22-18-7-5-16(11-18)13-23/h4-7,10,14,16,18,23H,8-9,11-13H2,1-3H3,(H2,21,22,24)/t16-,18+/m0/s1. The van der Waals surface area contributed by atoms with Gasteiger partial charge in [0.25, 0.3) is 0 Å². The van der Waals surface area contributed by atoms with Gasteiger partial charge in [0.1, 0.15) is 5.75 Å². The van der Waals surface area contributed by atoms with E-state index in [-0.39, 0.29) is 24.6 Å². The highest BCUT2D eigenvalue weighted by molar-refractivity contribution is 5.74. The molecule has 1 aromatic carbocycles. The molecule has 0 radical (unpaired) electrons. The summed E-state index contributed by atoms with van der Waals surface area (Å²) in [7, 11) is 0. The van der Waals surface area contributed by atoms with Crippen molar-refractivity contribution in [2.75, 3.05) is 13.2 Å². The lowest BCUT2D eigenvalue weighted by Crippen LogP contribution is -2.40. The van der Waals surface area contributed by atoms with Crippen molar-refractivity contribution >= 4 is 6.03 Å². The van der Waals surface area contributed by atoms with E-state index in [2.05, 4.69) is 24.5 Å². The molecule has 0 aliphatic heterocycles. The Morgan fingerprint density at radius 2 is 2.16 bits per heavy atom. The summed E-state index contributed by atoms with van der Waals surface area (Å²) in [6.45, 7) is 7.59. The summed E-state index contributed by atoms with van der Waals surface area (Å²) in [5.41, 5.74) is 2.11. The minimum absolute atomic E-state index is 0.0167. The molecule has 0 saturated heterocycles. The molecule has 0 saturated carbocycles. The van der Waals surface area contributed by atoms with E-state index in [9.17, 15) is 4.79 Å². The summed E-state index contributed by atoms with van der Waals surface area (Å²) in [6, 6.07) is 5.81. The van der Waals surface area contributed by atoms with E-state index in [4.69, 9.17) is 9.84 Å². The van der Waals surface area contributed by atoms with E-state index in [1.165, 1.54) is 0 Å². The van der Waals surface area contributed by atoms with Crippen molar-refractivity contribution in [1.29, 1.82) is 0 Å². The first-order valence-electron chi connectivity index (χ1n) is 9.03. The minimum atomic E-state index is -0.207. The summed E-state index contributed by atoms with van der Waals surface area (Å²) in [5.74, 6) is 1.57. The molecule has 0 heterocycles. The van der Waals surface area contributed by atoms with Gasteiger partial charge in [-0.25, -0.2) is 4.79 Å². The molecule has 25 heavy (non-hydrogen) atoms. The third-order valence-corrected chi connectivity index (χ3v) is 4.34. The van der Waals surface area contributed by atoms with E-state index in [1.54, 1.807) is 0 Å². The van der Waals surface area contributed by atoms with Gasteiger partial charge < -0.3 is 20.5 Å². The van der Waals surface area contributed by atoms with Crippen LogP contribution in [0, 0.1) is 18.8 Å². The quantitative estimate of drug-likeness (QED) is 0.633. The number of rotatable bonds is 8. The number of hydrogen-bond donors (Lipinski definition) is 3. The fraction of sp³-hybridized carbons (Fsp3) is 0.550. The Balaban J connectivity index is 1.85. The van der Waals surface area contributed by atoms with Gasteiger partial charge in [-0.15, -0.1) is 0 Å². The maximum atomic E-state index is 12.1. The average molecular weight is 346 g/mol. The van der Waals surface area contributed by atoms with Crippen molar-refractivity contribution in [3.63, 3.8) is 0 Å². The lowest BCUT2D eigenvalue weighted by atomic mass is 10.1. The normalized spacial score (nSPS) is 19.2. The maximum Gasteiger partial charge on any atom is 0.315 e. The van der Waals surface area contributed by atoms with Crippen molar-refractivity contribution < 1.29 is 14.6 Å². The van der Waals surface area contributed by atoms with Gasteiger partial charge in [0.2, 0.25) is 0 Å². The van der Waals surface area contributed by atoms with Crippen LogP contribution in [0.5, 0.6) is 5.75 Å². The molecular formula is C20H30N2O3. The van der Waals surface area contributed by atoms with Crippen LogP contribution in [-0.2, 0) is 6.54 Å². The molecule has 0 unspecified atom stereocenters. The summed E-state index contributed by atoms with van der Waals surface area (Å²) in [5, 5.41) is 14.9. The molecule has 0 spiro atoms. The number of aliphatic hydroxyl groups is 1. The first-order chi connectivity index (χ1) is 12.0.